The van der Waals surface area contributed by atoms with Gasteiger partial charge in [0.1, 0.15) is 24.3 Å². The predicted octanol–water partition coefficient (Wildman–Crippen LogP) is 5.27. The third-order valence-electron chi connectivity index (χ3n) is 6.63. The number of aliphatic hydroxyl groups is 1. The van der Waals surface area contributed by atoms with Crippen LogP contribution in [0.25, 0.3) is 11.0 Å². The number of para-hydroxylation sites is 2. The largest absolute Gasteiger partial charge is 0.491 e. The number of halogens is 1. The first-order valence-electron chi connectivity index (χ1n) is 11.8. The number of anilines is 1. The van der Waals surface area contributed by atoms with E-state index < -0.39 is 6.10 Å². The van der Waals surface area contributed by atoms with Crippen LogP contribution >= 0.6 is 11.6 Å². The van der Waals surface area contributed by atoms with Gasteiger partial charge in [0.05, 0.1) is 17.6 Å². The Hall–Kier alpha value is -3.35. The quantitative estimate of drug-likeness (QED) is 0.384. The van der Waals surface area contributed by atoms with E-state index >= 15 is 0 Å². The number of hydrogen-bond acceptors (Lipinski definition) is 4. The van der Waals surface area contributed by atoms with Crippen molar-refractivity contribution in [1.29, 1.82) is 0 Å². The highest BCUT2D eigenvalue weighted by atomic mass is 35.5. The van der Waals surface area contributed by atoms with Gasteiger partial charge in [0.25, 0.3) is 0 Å². The maximum absolute atomic E-state index is 12.9. The minimum absolute atomic E-state index is 0.0505. The van der Waals surface area contributed by atoms with Crippen LogP contribution in [0.1, 0.15) is 29.3 Å². The Morgan fingerprint density at radius 2 is 1.86 bits per heavy atom. The second kappa shape index (κ2) is 9.72. The molecule has 0 radical (unpaired) electrons. The molecule has 1 aromatic heterocycles. The molecule has 1 fully saturated rings. The molecule has 0 spiro atoms. The molecule has 3 aromatic carbocycles. The number of hydrogen-bond donors (Lipinski definition) is 1. The Balaban J connectivity index is 1.37. The Bertz CT molecular complexity index is 1370. The number of aliphatic hydroxyl groups excluding tert-OH is 1. The number of amides is 1. The van der Waals surface area contributed by atoms with E-state index in [9.17, 15) is 9.90 Å². The topological polar surface area (TPSA) is 67.6 Å². The highest BCUT2D eigenvalue weighted by Crippen LogP contribution is 2.33. The lowest BCUT2D eigenvalue weighted by Crippen LogP contribution is -2.26. The summed E-state index contributed by atoms with van der Waals surface area (Å²) in [7, 11) is 0. The molecule has 1 aliphatic rings. The fourth-order valence-corrected chi connectivity index (χ4v) is 4.73. The van der Waals surface area contributed by atoms with Gasteiger partial charge in [-0.3, -0.25) is 4.79 Å². The van der Waals surface area contributed by atoms with Crippen LogP contribution in [0, 0.1) is 13.8 Å². The monoisotopic (exact) mass is 489 g/mol. The van der Waals surface area contributed by atoms with Crippen molar-refractivity contribution in [3.63, 3.8) is 0 Å². The molecule has 180 valence electrons. The number of aryl methyl sites for hydroxylation is 2. The summed E-state index contributed by atoms with van der Waals surface area (Å²) in [6.07, 6.45) is -0.376. The average molecular weight is 490 g/mol. The molecule has 0 saturated carbocycles. The molecule has 0 aliphatic carbocycles. The molecule has 0 bridgehead atoms. The van der Waals surface area contributed by atoms with Crippen LogP contribution in [0.5, 0.6) is 5.75 Å². The first-order chi connectivity index (χ1) is 16.9. The minimum atomic E-state index is -0.738. The van der Waals surface area contributed by atoms with Crippen LogP contribution in [-0.2, 0) is 11.3 Å². The Morgan fingerprint density at radius 1 is 1.09 bits per heavy atom. The summed E-state index contributed by atoms with van der Waals surface area (Å²) in [5.41, 5.74) is 4.96. The summed E-state index contributed by atoms with van der Waals surface area (Å²) >= 11 is 6.02. The number of ether oxygens (including phenoxy) is 1. The number of benzene rings is 3. The van der Waals surface area contributed by atoms with Gasteiger partial charge in [0.2, 0.25) is 5.91 Å². The molecule has 1 saturated heterocycles. The van der Waals surface area contributed by atoms with E-state index in [1.165, 1.54) is 5.56 Å². The van der Waals surface area contributed by atoms with Crippen LogP contribution < -0.4 is 9.64 Å². The zero-order valence-corrected chi connectivity index (χ0v) is 20.6. The lowest BCUT2D eigenvalue weighted by atomic mass is 10.1. The average Bonchev–Trinajstić information content (AvgIpc) is 3.41. The normalized spacial score (nSPS) is 16.7. The summed E-state index contributed by atoms with van der Waals surface area (Å²) < 4.78 is 7.91. The Kier molecular flexibility index (Phi) is 6.50. The zero-order valence-electron chi connectivity index (χ0n) is 19.8. The first kappa shape index (κ1) is 23.4. The molecular weight excluding hydrogens is 462 g/mol. The second-order valence-corrected chi connectivity index (χ2v) is 9.60. The van der Waals surface area contributed by atoms with Gasteiger partial charge >= 0.3 is 0 Å². The third-order valence-corrected chi connectivity index (χ3v) is 6.88. The highest BCUT2D eigenvalue weighted by Gasteiger charge is 2.35. The van der Waals surface area contributed by atoms with Crippen LogP contribution in [0.3, 0.4) is 0 Å². The van der Waals surface area contributed by atoms with Crippen LogP contribution in [0.15, 0.2) is 66.7 Å². The van der Waals surface area contributed by atoms with E-state index in [2.05, 4.69) is 6.92 Å². The smallest absolute Gasteiger partial charge is 0.227 e. The van der Waals surface area contributed by atoms with Crippen molar-refractivity contribution in [2.24, 2.45) is 0 Å². The summed E-state index contributed by atoms with van der Waals surface area (Å²) in [5.74, 6) is 1.51. The van der Waals surface area contributed by atoms with Crippen molar-refractivity contribution in [1.82, 2.24) is 9.55 Å². The van der Waals surface area contributed by atoms with Crippen molar-refractivity contribution in [2.45, 2.75) is 38.8 Å². The Labute approximate surface area is 209 Å². The molecule has 2 heterocycles. The zero-order chi connectivity index (χ0) is 24.5. The predicted molar refractivity (Wildman–Crippen MR) is 138 cm³/mol. The second-order valence-electron chi connectivity index (χ2n) is 9.16. The van der Waals surface area contributed by atoms with Gasteiger partial charge in [-0.15, -0.1) is 0 Å². The Morgan fingerprint density at radius 3 is 2.63 bits per heavy atom. The van der Waals surface area contributed by atoms with Gasteiger partial charge in [0, 0.05) is 29.6 Å². The van der Waals surface area contributed by atoms with Crippen LogP contribution in [0.2, 0.25) is 5.02 Å². The highest BCUT2D eigenvalue weighted by molar-refractivity contribution is 6.30. The minimum Gasteiger partial charge on any atom is -0.491 e. The maximum Gasteiger partial charge on any atom is 0.227 e. The van der Waals surface area contributed by atoms with Crippen molar-refractivity contribution in [3.8, 4) is 5.75 Å². The first-order valence-corrected chi connectivity index (χ1v) is 12.2. The fraction of sp³-hybridized carbons (Fsp3) is 0.286. The molecule has 1 N–H and O–H groups in total. The number of aromatic nitrogens is 2. The maximum atomic E-state index is 12.9. The number of rotatable bonds is 7. The number of carbonyl (C=O) groups excluding carboxylic acids is 1. The lowest BCUT2D eigenvalue weighted by molar-refractivity contribution is -0.117. The molecule has 1 aliphatic heterocycles. The van der Waals surface area contributed by atoms with Gasteiger partial charge in [-0.05, 0) is 73.5 Å². The molecule has 7 heteroatoms. The standard InChI is InChI=1S/C28H28ClN3O3/c1-18-7-12-24(13-19(18)2)35-17-23(33)16-32-26-6-4-3-5-25(26)30-28(32)20-14-27(34)31(15-20)22-10-8-21(29)9-11-22/h3-13,20,23,33H,14-17H2,1-2H3/t20-,23-/m0/s1. The molecular formula is C28H28ClN3O3. The van der Waals surface area contributed by atoms with Crippen molar-refractivity contribution in [3.05, 3.63) is 88.7 Å². The fourth-order valence-electron chi connectivity index (χ4n) is 4.61. The van der Waals surface area contributed by atoms with E-state index in [1.807, 2.05) is 66.1 Å². The van der Waals surface area contributed by atoms with E-state index in [0.717, 1.165) is 33.9 Å². The molecule has 5 rings (SSSR count). The molecule has 35 heavy (non-hydrogen) atoms. The SMILES string of the molecule is Cc1ccc(OC[C@@H](O)Cn2c([C@H]3CC(=O)N(c4ccc(Cl)cc4)C3)nc3ccccc32)cc1C. The van der Waals surface area contributed by atoms with Crippen molar-refractivity contribution >= 4 is 34.2 Å². The summed E-state index contributed by atoms with van der Waals surface area (Å²) in [6, 6.07) is 21.1. The van der Waals surface area contributed by atoms with Gasteiger partial charge in [0.15, 0.2) is 0 Å². The molecule has 6 nitrogen and oxygen atoms in total. The van der Waals surface area contributed by atoms with E-state index in [4.69, 9.17) is 21.3 Å². The number of fused-ring (bicyclic) bond motifs is 1. The number of carbonyl (C=O) groups is 1. The molecule has 4 aromatic rings. The summed E-state index contributed by atoms with van der Waals surface area (Å²) in [4.78, 5) is 19.5. The van der Waals surface area contributed by atoms with Gasteiger partial charge in [-0.2, -0.15) is 0 Å². The van der Waals surface area contributed by atoms with Gasteiger partial charge in [-0.1, -0.05) is 29.8 Å². The van der Waals surface area contributed by atoms with E-state index in [0.29, 0.717) is 24.5 Å². The molecule has 1 amide bonds. The van der Waals surface area contributed by atoms with Crippen molar-refractivity contribution < 1.29 is 14.6 Å². The number of imidazole rings is 1. The number of nitrogens with zero attached hydrogens (tertiary/aromatic N) is 3. The summed E-state index contributed by atoms with van der Waals surface area (Å²) in [6.45, 7) is 5.11. The van der Waals surface area contributed by atoms with Crippen LogP contribution in [-0.4, -0.2) is 39.8 Å². The third kappa shape index (κ3) is 4.90. The lowest BCUT2D eigenvalue weighted by Gasteiger charge is -2.19. The molecule has 2 atom stereocenters. The van der Waals surface area contributed by atoms with Gasteiger partial charge < -0.3 is 19.3 Å². The van der Waals surface area contributed by atoms with Gasteiger partial charge in [-0.25, -0.2) is 4.98 Å². The van der Waals surface area contributed by atoms with Crippen molar-refractivity contribution in [2.75, 3.05) is 18.1 Å². The molecule has 0 unspecified atom stereocenters. The van der Waals surface area contributed by atoms with E-state index in [-0.39, 0.29) is 18.4 Å². The van der Waals surface area contributed by atoms with E-state index in [1.54, 1.807) is 17.0 Å². The van der Waals surface area contributed by atoms with Crippen LogP contribution in [0.4, 0.5) is 5.69 Å². The summed E-state index contributed by atoms with van der Waals surface area (Å²) in [5, 5.41) is 11.5.